The SMILES string of the molecule is CCCCCCc1nc(C(F)(F)F)ccc1CNC(=O)C(C)c1ccc(N(C)S(=O)O)c(F)c1. The lowest BCUT2D eigenvalue weighted by Gasteiger charge is -2.18. The number of nitrogens with one attached hydrogen (secondary N) is 1. The number of nitrogens with zero attached hydrogens (tertiary/aromatic N) is 2. The highest BCUT2D eigenvalue weighted by atomic mass is 32.2. The normalized spacial score (nSPS) is 13.4. The zero-order valence-electron chi connectivity index (χ0n) is 19.3. The zero-order chi connectivity index (χ0) is 25.5. The highest BCUT2D eigenvalue weighted by Crippen LogP contribution is 2.29. The first kappa shape index (κ1) is 27.7. The van der Waals surface area contributed by atoms with Gasteiger partial charge in [-0.2, -0.15) is 13.2 Å². The zero-order valence-corrected chi connectivity index (χ0v) is 20.1. The van der Waals surface area contributed by atoms with Crippen molar-refractivity contribution in [3.63, 3.8) is 0 Å². The molecule has 1 amide bonds. The lowest BCUT2D eigenvalue weighted by atomic mass is 9.99. The minimum atomic E-state index is -4.55. The number of alkyl halides is 3. The molecule has 0 aliphatic rings. The first-order chi connectivity index (χ1) is 16.0. The topological polar surface area (TPSA) is 82.5 Å². The van der Waals surface area contributed by atoms with Crippen molar-refractivity contribution in [2.75, 3.05) is 11.4 Å². The molecule has 11 heteroatoms. The summed E-state index contributed by atoms with van der Waals surface area (Å²) in [5.74, 6) is -1.96. The van der Waals surface area contributed by atoms with Crippen molar-refractivity contribution < 1.29 is 31.1 Å². The molecule has 1 aromatic carbocycles. The summed E-state index contributed by atoms with van der Waals surface area (Å²) in [6.07, 6.45) is -0.650. The second-order valence-corrected chi connectivity index (χ2v) is 9.00. The van der Waals surface area contributed by atoms with Crippen molar-refractivity contribution in [1.29, 1.82) is 0 Å². The van der Waals surface area contributed by atoms with Gasteiger partial charge in [-0.25, -0.2) is 13.6 Å². The minimum Gasteiger partial charge on any atom is -0.351 e. The molecule has 2 aromatic rings. The van der Waals surface area contributed by atoms with Gasteiger partial charge in [-0.05, 0) is 49.1 Å². The first-order valence-corrected chi connectivity index (χ1v) is 12.0. The van der Waals surface area contributed by atoms with Crippen LogP contribution < -0.4 is 9.62 Å². The molecule has 188 valence electrons. The number of rotatable bonds is 11. The first-order valence-electron chi connectivity index (χ1n) is 10.9. The molecule has 0 radical (unpaired) electrons. The molecule has 1 aromatic heterocycles. The number of aromatic nitrogens is 1. The number of amides is 1. The van der Waals surface area contributed by atoms with Crippen LogP contribution in [0, 0.1) is 5.82 Å². The number of unbranched alkanes of at least 4 members (excludes halogenated alkanes) is 3. The highest BCUT2D eigenvalue weighted by Gasteiger charge is 2.33. The van der Waals surface area contributed by atoms with Gasteiger partial charge in [0.15, 0.2) is 0 Å². The Bertz CT molecular complexity index is 1020. The van der Waals surface area contributed by atoms with Crippen LogP contribution in [-0.4, -0.2) is 26.7 Å². The number of anilines is 1. The maximum atomic E-state index is 14.4. The minimum absolute atomic E-state index is 0.00970. The largest absolute Gasteiger partial charge is 0.433 e. The fourth-order valence-electron chi connectivity index (χ4n) is 3.40. The Morgan fingerprint density at radius 3 is 2.50 bits per heavy atom. The van der Waals surface area contributed by atoms with Gasteiger partial charge in [-0.3, -0.25) is 13.7 Å². The van der Waals surface area contributed by atoms with Gasteiger partial charge in [0, 0.05) is 19.3 Å². The van der Waals surface area contributed by atoms with Gasteiger partial charge in [0.2, 0.25) is 5.91 Å². The van der Waals surface area contributed by atoms with Gasteiger partial charge in [0.1, 0.15) is 11.5 Å². The van der Waals surface area contributed by atoms with Crippen LogP contribution in [0.1, 0.15) is 68.0 Å². The van der Waals surface area contributed by atoms with Crippen molar-refractivity contribution >= 4 is 22.9 Å². The second-order valence-electron chi connectivity index (χ2n) is 7.99. The lowest BCUT2D eigenvalue weighted by Crippen LogP contribution is -2.28. The number of halogens is 4. The molecule has 2 N–H and O–H groups in total. The summed E-state index contributed by atoms with van der Waals surface area (Å²) in [6, 6.07) is 6.12. The third-order valence-corrected chi connectivity index (χ3v) is 6.18. The van der Waals surface area contributed by atoms with Gasteiger partial charge >= 0.3 is 6.18 Å². The second kappa shape index (κ2) is 12.3. The number of carbonyl (C=O) groups is 1. The number of pyridine rings is 1. The van der Waals surface area contributed by atoms with E-state index in [0.717, 1.165) is 35.7 Å². The van der Waals surface area contributed by atoms with E-state index in [1.807, 2.05) is 6.92 Å². The summed E-state index contributed by atoms with van der Waals surface area (Å²) < 4.78 is 74.8. The Morgan fingerprint density at radius 2 is 1.91 bits per heavy atom. The van der Waals surface area contributed by atoms with E-state index in [1.165, 1.54) is 25.2 Å². The average Bonchev–Trinajstić information content (AvgIpc) is 2.78. The van der Waals surface area contributed by atoms with Crippen LogP contribution in [-0.2, 0) is 35.2 Å². The van der Waals surface area contributed by atoms with E-state index < -0.39 is 40.8 Å². The van der Waals surface area contributed by atoms with Crippen LogP contribution in [0.15, 0.2) is 30.3 Å². The van der Waals surface area contributed by atoms with Crippen LogP contribution in [0.3, 0.4) is 0 Å². The van der Waals surface area contributed by atoms with Crippen LogP contribution in [0.25, 0.3) is 0 Å². The van der Waals surface area contributed by atoms with Crippen molar-refractivity contribution in [2.45, 2.75) is 64.6 Å². The third-order valence-electron chi connectivity index (χ3n) is 5.52. The molecular weight excluding hydrogens is 474 g/mol. The van der Waals surface area contributed by atoms with E-state index in [4.69, 9.17) is 4.55 Å². The predicted octanol–water partition coefficient (Wildman–Crippen LogP) is 5.36. The van der Waals surface area contributed by atoms with Crippen molar-refractivity contribution in [1.82, 2.24) is 10.3 Å². The van der Waals surface area contributed by atoms with Crippen molar-refractivity contribution in [3.05, 3.63) is 58.7 Å². The molecular formula is C23H29F4N3O3S. The number of hydrogen-bond donors (Lipinski definition) is 2. The number of aryl methyl sites for hydroxylation is 1. The Morgan fingerprint density at radius 1 is 1.21 bits per heavy atom. The van der Waals surface area contributed by atoms with E-state index >= 15 is 0 Å². The maximum absolute atomic E-state index is 14.4. The summed E-state index contributed by atoms with van der Waals surface area (Å²) in [5.41, 5.74) is 0.0840. The summed E-state index contributed by atoms with van der Waals surface area (Å²) >= 11 is -2.40. The maximum Gasteiger partial charge on any atom is 0.433 e. The molecule has 0 spiro atoms. The van der Waals surface area contributed by atoms with Gasteiger partial charge in [-0.15, -0.1) is 0 Å². The van der Waals surface area contributed by atoms with Crippen molar-refractivity contribution in [2.24, 2.45) is 0 Å². The number of benzene rings is 1. The third kappa shape index (κ3) is 7.49. The van der Waals surface area contributed by atoms with Crippen LogP contribution in [0.4, 0.5) is 23.2 Å². The molecule has 0 aliphatic heterocycles. The van der Waals surface area contributed by atoms with Gasteiger partial charge in [0.25, 0.3) is 11.3 Å². The van der Waals surface area contributed by atoms with E-state index in [2.05, 4.69) is 10.3 Å². The summed E-state index contributed by atoms with van der Waals surface area (Å²) in [7, 11) is 1.25. The Hall–Kier alpha value is -2.53. The lowest BCUT2D eigenvalue weighted by molar-refractivity contribution is -0.141. The van der Waals surface area contributed by atoms with Crippen LogP contribution in [0.2, 0.25) is 0 Å². The van der Waals surface area contributed by atoms with E-state index in [0.29, 0.717) is 29.7 Å². The highest BCUT2D eigenvalue weighted by molar-refractivity contribution is 7.80. The number of hydrogen-bond acceptors (Lipinski definition) is 3. The molecule has 0 saturated heterocycles. The molecule has 34 heavy (non-hydrogen) atoms. The molecule has 2 atom stereocenters. The summed E-state index contributed by atoms with van der Waals surface area (Å²) in [6.45, 7) is 3.59. The van der Waals surface area contributed by atoms with Gasteiger partial charge in [-0.1, -0.05) is 38.3 Å². The molecule has 0 saturated carbocycles. The van der Waals surface area contributed by atoms with E-state index in [9.17, 15) is 26.6 Å². The Balaban J connectivity index is 2.13. The molecule has 2 unspecified atom stereocenters. The van der Waals surface area contributed by atoms with Crippen LogP contribution in [0.5, 0.6) is 0 Å². The van der Waals surface area contributed by atoms with Crippen LogP contribution >= 0.6 is 0 Å². The summed E-state index contributed by atoms with van der Waals surface area (Å²) in [5, 5.41) is 2.69. The van der Waals surface area contributed by atoms with Gasteiger partial charge in [0.05, 0.1) is 11.6 Å². The summed E-state index contributed by atoms with van der Waals surface area (Å²) in [4.78, 5) is 16.5. The Kier molecular flexibility index (Phi) is 9.99. The monoisotopic (exact) mass is 503 g/mol. The fraction of sp³-hybridized carbons (Fsp3) is 0.478. The molecule has 1 heterocycles. The molecule has 0 aliphatic carbocycles. The number of carbonyl (C=O) groups excluding carboxylic acids is 1. The predicted molar refractivity (Wildman–Crippen MR) is 123 cm³/mol. The Labute approximate surface area is 199 Å². The fourth-order valence-corrected chi connectivity index (χ4v) is 3.72. The van der Waals surface area contributed by atoms with E-state index in [1.54, 1.807) is 6.92 Å². The van der Waals surface area contributed by atoms with Crippen molar-refractivity contribution in [3.8, 4) is 0 Å². The molecule has 2 rings (SSSR count). The quantitative estimate of drug-likeness (QED) is 0.246. The average molecular weight is 504 g/mol. The smallest absolute Gasteiger partial charge is 0.351 e. The van der Waals surface area contributed by atoms with E-state index in [-0.39, 0.29) is 12.2 Å². The molecule has 0 bridgehead atoms. The standard InChI is InChI=1S/C23H29F4N3O3S/c1-4-5-6-7-8-19-17(10-12-21(29-19)23(25,26)27)14-28-22(31)15(2)16-9-11-20(18(24)13-16)30(3)34(32)33/h9-13,15H,4-8,14H2,1-3H3,(H,28,31)(H,32,33). The molecule has 6 nitrogen and oxygen atoms in total. The van der Waals surface area contributed by atoms with Gasteiger partial charge < -0.3 is 5.32 Å². The molecule has 0 fully saturated rings.